The van der Waals surface area contributed by atoms with Crippen LogP contribution in [0.15, 0.2) is 48.5 Å². The molecule has 0 fully saturated rings. The van der Waals surface area contributed by atoms with E-state index < -0.39 is 0 Å². The topological polar surface area (TPSA) is 56.8 Å². The molecule has 2 aromatic rings. The zero-order valence-corrected chi connectivity index (χ0v) is 14.4. The summed E-state index contributed by atoms with van der Waals surface area (Å²) in [4.78, 5) is 11.9. The van der Waals surface area contributed by atoms with E-state index in [0.717, 1.165) is 5.75 Å². The molecule has 6 heteroatoms. The summed E-state index contributed by atoms with van der Waals surface area (Å²) in [6, 6.07) is 14.1. The number of ether oxygens (including phenoxy) is 3. The Labute approximate surface area is 146 Å². The molecule has 1 unspecified atom stereocenters. The lowest BCUT2D eigenvalue weighted by atomic mass is 10.3. The van der Waals surface area contributed by atoms with Gasteiger partial charge in [0.25, 0.3) is 5.91 Å². The maximum absolute atomic E-state index is 11.9. The van der Waals surface area contributed by atoms with Crippen LogP contribution in [-0.2, 0) is 4.79 Å². The molecule has 0 aliphatic rings. The monoisotopic (exact) mass is 349 g/mol. The van der Waals surface area contributed by atoms with Gasteiger partial charge in [0.15, 0.2) is 6.61 Å². The summed E-state index contributed by atoms with van der Waals surface area (Å²) < 4.78 is 16.1. The Balaban J connectivity index is 1.72. The second kappa shape index (κ2) is 9.03. The summed E-state index contributed by atoms with van der Waals surface area (Å²) in [5, 5.41) is 3.28. The Hall–Kier alpha value is -2.40. The van der Waals surface area contributed by atoms with Gasteiger partial charge in [0.05, 0.1) is 18.2 Å². The number of hydrogen-bond acceptors (Lipinski definition) is 4. The van der Waals surface area contributed by atoms with Crippen molar-refractivity contribution in [3.05, 3.63) is 53.6 Å². The summed E-state index contributed by atoms with van der Waals surface area (Å²) in [5.41, 5.74) is 0. The molecule has 5 nitrogen and oxygen atoms in total. The zero-order valence-electron chi connectivity index (χ0n) is 13.6. The second-order valence-electron chi connectivity index (χ2n) is 5.17. The predicted octanol–water partition coefficient (Wildman–Crippen LogP) is 3.31. The van der Waals surface area contributed by atoms with Gasteiger partial charge in [-0.15, -0.1) is 0 Å². The molecule has 1 amide bonds. The summed E-state index contributed by atoms with van der Waals surface area (Å²) >= 11 is 5.97. The summed E-state index contributed by atoms with van der Waals surface area (Å²) in [6.07, 6.45) is 0. The predicted molar refractivity (Wildman–Crippen MR) is 93.0 cm³/mol. The molecule has 0 aliphatic heterocycles. The van der Waals surface area contributed by atoms with E-state index in [1.54, 1.807) is 31.4 Å². The van der Waals surface area contributed by atoms with E-state index in [4.69, 9.17) is 25.8 Å². The molecule has 128 valence electrons. The maximum atomic E-state index is 11.9. The van der Waals surface area contributed by atoms with Gasteiger partial charge in [-0.1, -0.05) is 23.7 Å². The first-order valence-electron chi connectivity index (χ1n) is 7.52. The molecule has 24 heavy (non-hydrogen) atoms. The number of methoxy groups -OCH3 is 1. The summed E-state index contributed by atoms with van der Waals surface area (Å²) in [5.74, 6) is 1.72. The van der Waals surface area contributed by atoms with Crippen molar-refractivity contribution in [2.45, 2.75) is 13.0 Å². The first kappa shape index (κ1) is 17.9. The third-order valence-corrected chi connectivity index (χ3v) is 3.47. The van der Waals surface area contributed by atoms with E-state index in [-0.39, 0.29) is 18.6 Å². The van der Waals surface area contributed by atoms with Gasteiger partial charge < -0.3 is 19.5 Å². The molecule has 0 aliphatic carbocycles. The SMILES string of the molecule is COc1ccc(OCC(C)NC(=O)COc2ccccc2Cl)cc1. The number of rotatable bonds is 8. The Bertz CT molecular complexity index is 660. The largest absolute Gasteiger partial charge is 0.497 e. The Morgan fingerprint density at radius 3 is 2.42 bits per heavy atom. The lowest BCUT2D eigenvalue weighted by Crippen LogP contribution is -2.39. The van der Waals surface area contributed by atoms with E-state index >= 15 is 0 Å². The minimum atomic E-state index is -0.235. The lowest BCUT2D eigenvalue weighted by molar-refractivity contribution is -0.123. The van der Waals surface area contributed by atoms with Crippen molar-refractivity contribution in [1.82, 2.24) is 5.32 Å². The smallest absolute Gasteiger partial charge is 0.258 e. The molecule has 0 bridgehead atoms. The van der Waals surface area contributed by atoms with Gasteiger partial charge in [-0.05, 0) is 43.3 Å². The van der Waals surface area contributed by atoms with Crippen LogP contribution in [0, 0.1) is 0 Å². The van der Waals surface area contributed by atoms with E-state index in [1.807, 2.05) is 31.2 Å². The molecule has 0 spiro atoms. The number of nitrogens with one attached hydrogen (secondary N) is 1. The van der Waals surface area contributed by atoms with Gasteiger partial charge in [-0.3, -0.25) is 4.79 Å². The zero-order chi connectivity index (χ0) is 17.4. The molecule has 2 aromatic carbocycles. The number of hydrogen-bond donors (Lipinski definition) is 1. The molecule has 1 N–H and O–H groups in total. The molecule has 0 heterocycles. The summed E-state index contributed by atoms with van der Waals surface area (Å²) in [7, 11) is 1.61. The molecule has 2 rings (SSSR count). The average molecular weight is 350 g/mol. The highest BCUT2D eigenvalue weighted by Gasteiger charge is 2.10. The molecule has 0 radical (unpaired) electrons. The van der Waals surface area contributed by atoms with E-state index in [0.29, 0.717) is 23.1 Å². The fraction of sp³-hybridized carbons (Fsp3) is 0.278. The van der Waals surface area contributed by atoms with Crippen LogP contribution in [0.5, 0.6) is 17.2 Å². The van der Waals surface area contributed by atoms with Crippen molar-refractivity contribution in [3.63, 3.8) is 0 Å². The van der Waals surface area contributed by atoms with Crippen LogP contribution in [0.1, 0.15) is 6.92 Å². The van der Waals surface area contributed by atoms with E-state index in [1.165, 1.54) is 0 Å². The fourth-order valence-electron chi connectivity index (χ4n) is 1.96. The molecule has 0 aromatic heterocycles. The first-order valence-corrected chi connectivity index (χ1v) is 7.90. The highest BCUT2D eigenvalue weighted by Crippen LogP contribution is 2.22. The van der Waals surface area contributed by atoms with Crippen LogP contribution in [0.25, 0.3) is 0 Å². The molecular weight excluding hydrogens is 330 g/mol. The first-order chi connectivity index (χ1) is 11.6. The second-order valence-corrected chi connectivity index (χ2v) is 5.58. The van der Waals surface area contributed by atoms with Gasteiger partial charge >= 0.3 is 0 Å². The van der Waals surface area contributed by atoms with Gasteiger partial charge in [-0.25, -0.2) is 0 Å². The normalized spacial score (nSPS) is 11.5. The molecule has 0 saturated carbocycles. The van der Waals surface area contributed by atoms with Crippen molar-refractivity contribution in [2.75, 3.05) is 20.3 Å². The van der Waals surface area contributed by atoms with Crippen molar-refractivity contribution in [3.8, 4) is 17.2 Å². The van der Waals surface area contributed by atoms with Gasteiger partial charge in [0.2, 0.25) is 0 Å². The quantitative estimate of drug-likeness (QED) is 0.794. The number of amides is 1. The summed E-state index contributed by atoms with van der Waals surface area (Å²) in [6.45, 7) is 2.11. The van der Waals surface area contributed by atoms with Crippen LogP contribution in [0.4, 0.5) is 0 Å². The van der Waals surface area contributed by atoms with Crippen LogP contribution in [0.2, 0.25) is 5.02 Å². The van der Waals surface area contributed by atoms with Crippen LogP contribution in [0.3, 0.4) is 0 Å². The van der Waals surface area contributed by atoms with Crippen LogP contribution >= 0.6 is 11.6 Å². The number of benzene rings is 2. The third-order valence-electron chi connectivity index (χ3n) is 3.16. The highest BCUT2D eigenvalue weighted by molar-refractivity contribution is 6.32. The standard InChI is InChI=1S/C18H20ClNO4/c1-13(11-23-15-9-7-14(22-2)8-10-15)20-18(21)12-24-17-6-4-3-5-16(17)19/h3-10,13H,11-12H2,1-2H3,(H,20,21). The van der Waals surface area contributed by atoms with Gasteiger partial charge in [0, 0.05) is 0 Å². The molecular formula is C18H20ClNO4. The number of carbonyl (C=O) groups is 1. The highest BCUT2D eigenvalue weighted by atomic mass is 35.5. The lowest BCUT2D eigenvalue weighted by Gasteiger charge is -2.15. The van der Waals surface area contributed by atoms with Crippen LogP contribution in [-0.4, -0.2) is 32.3 Å². The fourth-order valence-corrected chi connectivity index (χ4v) is 2.15. The average Bonchev–Trinajstić information content (AvgIpc) is 2.59. The van der Waals surface area contributed by atoms with Gasteiger partial charge in [-0.2, -0.15) is 0 Å². The van der Waals surface area contributed by atoms with Crippen molar-refractivity contribution >= 4 is 17.5 Å². The number of carbonyl (C=O) groups excluding carboxylic acids is 1. The molecule has 1 atom stereocenters. The minimum absolute atomic E-state index is 0.101. The van der Waals surface area contributed by atoms with Gasteiger partial charge in [0.1, 0.15) is 23.9 Å². The van der Waals surface area contributed by atoms with Crippen LogP contribution < -0.4 is 19.5 Å². The van der Waals surface area contributed by atoms with Crippen molar-refractivity contribution in [2.24, 2.45) is 0 Å². The van der Waals surface area contributed by atoms with E-state index in [2.05, 4.69) is 5.32 Å². The molecule has 0 saturated heterocycles. The van der Waals surface area contributed by atoms with Crippen molar-refractivity contribution < 1.29 is 19.0 Å². The number of halogens is 1. The van der Waals surface area contributed by atoms with E-state index in [9.17, 15) is 4.79 Å². The Morgan fingerprint density at radius 2 is 1.75 bits per heavy atom. The Morgan fingerprint density at radius 1 is 1.08 bits per heavy atom. The third kappa shape index (κ3) is 5.66. The minimum Gasteiger partial charge on any atom is -0.497 e. The number of para-hydroxylation sites is 1. The maximum Gasteiger partial charge on any atom is 0.258 e. The van der Waals surface area contributed by atoms with Crippen molar-refractivity contribution in [1.29, 1.82) is 0 Å². The Kier molecular flexibility index (Phi) is 6.75.